The van der Waals surface area contributed by atoms with Crippen molar-refractivity contribution in [2.75, 3.05) is 0 Å². The summed E-state index contributed by atoms with van der Waals surface area (Å²) < 4.78 is 0. The first-order valence-electron chi connectivity index (χ1n) is 14.0. The van der Waals surface area contributed by atoms with Crippen LogP contribution in [0.4, 0.5) is 0 Å². The number of rotatable bonds is 5. The van der Waals surface area contributed by atoms with Gasteiger partial charge in [-0.2, -0.15) is 0 Å². The Morgan fingerprint density at radius 2 is 1.60 bits per heavy atom. The SMILES string of the molecule is CC(C)=CC(=O)CC(C)[C@@H]1CC[C@@]2(C)[C@@H]3CC[C@@H]4[C@]5(C[C@@]35CC[C@]12C)C(O)CC(O)[C@@]4(C)C(=O)O. The summed E-state index contributed by atoms with van der Waals surface area (Å²) in [7, 11) is 0. The fraction of sp³-hybridized carbons (Fsp3) is 0.867. The number of carboxylic acid groups (broad SMARTS) is 1. The van der Waals surface area contributed by atoms with E-state index in [0.29, 0.717) is 24.2 Å². The van der Waals surface area contributed by atoms with Gasteiger partial charge in [-0.3, -0.25) is 9.59 Å². The molecule has 0 aromatic rings. The number of allylic oxidation sites excluding steroid dienone is 2. The molecule has 5 fully saturated rings. The average molecular weight is 487 g/mol. The molecular formula is C30H46O5. The number of aliphatic hydroxyl groups is 2. The van der Waals surface area contributed by atoms with Crippen LogP contribution in [0.5, 0.6) is 0 Å². The monoisotopic (exact) mass is 486 g/mol. The molecule has 35 heavy (non-hydrogen) atoms. The van der Waals surface area contributed by atoms with Gasteiger partial charge in [-0.1, -0.05) is 26.3 Å². The van der Waals surface area contributed by atoms with E-state index in [4.69, 9.17) is 0 Å². The molecule has 0 aliphatic heterocycles. The van der Waals surface area contributed by atoms with Gasteiger partial charge in [0, 0.05) is 18.3 Å². The van der Waals surface area contributed by atoms with Gasteiger partial charge in [0.25, 0.3) is 0 Å². The van der Waals surface area contributed by atoms with Crippen LogP contribution in [0.3, 0.4) is 0 Å². The number of carbonyl (C=O) groups is 2. The van der Waals surface area contributed by atoms with E-state index in [1.165, 1.54) is 0 Å². The van der Waals surface area contributed by atoms with E-state index in [9.17, 15) is 24.9 Å². The summed E-state index contributed by atoms with van der Waals surface area (Å²) in [4.78, 5) is 25.1. The van der Waals surface area contributed by atoms with Gasteiger partial charge >= 0.3 is 5.97 Å². The van der Waals surface area contributed by atoms with Crippen molar-refractivity contribution in [3.8, 4) is 0 Å². The average Bonchev–Trinajstić information content (AvgIpc) is 3.36. The highest BCUT2D eigenvalue weighted by Gasteiger charge is 2.85. The third-order valence-corrected chi connectivity index (χ3v) is 13.0. The zero-order chi connectivity index (χ0) is 25.8. The highest BCUT2D eigenvalue weighted by atomic mass is 16.4. The molecule has 0 radical (unpaired) electrons. The molecule has 5 heteroatoms. The van der Waals surface area contributed by atoms with Crippen molar-refractivity contribution in [1.82, 2.24) is 0 Å². The van der Waals surface area contributed by atoms with E-state index < -0.39 is 23.6 Å². The minimum atomic E-state index is -1.19. The zero-order valence-corrected chi connectivity index (χ0v) is 22.6. The van der Waals surface area contributed by atoms with Crippen molar-refractivity contribution < 1.29 is 24.9 Å². The van der Waals surface area contributed by atoms with Gasteiger partial charge < -0.3 is 15.3 Å². The van der Waals surface area contributed by atoms with Gasteiger partial charge in [0.2, 0.25) is 0 Å². The van der Waals surface area contributed by atoms with E-state index >= 15 is 0 Å². The summed E-state index contributed by atoms with van der Waals surface area (Å²) in [6, 6.07) is 0. The number of carboxylic acids is 1. The largest absolute Gasteiger partial charge is 0.481 e. The number of fused-ring (bicyclic) bond motifs is 2. The highest BCUT2D eigenvalue weighted by molar-refractivity contribution is 5.90. The van der Waals surface area contributed by atoms with Crippen molar-refractivity contribution in [3.05, 3.63) is 11.6 Å². The van der Waals surface area contributed by atoms with Gasteiger partial charge in [0.05, 0.1) is 17.6 Å². The molecule has 2 spiro atoms. The molecule has 0 aromatic heterocycles. The van der Waals surface area contributed by atoms with Crippen LogP contribution in [0.15, 0.2) is 11.6 Å². The predicted molar refractivity (Wildman–Crippen MR) is 134 cm³/mol. The number of aliphatic carboxylic acids is 1. The molecule has 0 saturated heterocycles. The minimum absolute atomic E-state index is 0.00352. The Morgan fingerprint density at radius 1 is 0.943 bits per heavy atom. The standard InChI is InChI=1S/C30H46O5/c1-17(2)13-19(31)14-18(3)20-9-10-27(5)21-7-8-22-28(6,25(34)35)23(32)15-24(33)30(22)16-29(21,30)12-11-26(20,27)4/h13,18,20-24,32-33H,7-12,14-16H2,1-6H3,(H,34,35)/t18?,20-,21-,22-,23?,24?,26+,27-,28-,29-,30+/m0/s1. The van der Waals surface area contributed by atoms with E-state index in [2.05, 4.69) is 20.8 Å². The summed E-state index contributed by atoms with van der Waals surface area (Å²) in [5, 5.41) is 32.5. The number of hydrogen-bond donors (Lipinski definition) is 3. The van der Waals surface area contributed by atoms with Crippen molar-refractivity contribution in [3.63, 3.8) is 0 Å². The van der Waals surface area contributed by atoms with Gasteiger partial charge in [-0.15, -0.1) is 0 Å². The molecule has 196 valence electrons. The van der Waals surface area contributed by atoms with E-state index in [0.717, 1.165) is 50.5 Å². The predicted octanol–water partition coefficient (Wildman–Crippen LogP) is 5.38. The molecule has 5 aliphatic carbocycles. The Kier molecular flexibility index (Phi) is 5.57. The molecule has 5 rings (SSSR count). The fourth-order valence-electron chi connectivity index (χ4n) is 11.2. The Bertz CT molecular complexity index is 968. The number of ketones is 1. The third kappa shape index (κ3) is 2.94. The maximum atomic E-state index is 12.6. The molecule has 0 bridgehead atoms. The lowest BCUT2D eigenvalue weighted by Crippen LogP contribution is -2.63. The molecule has 3 unspecified atom stereocenters. The minimum Gasteiger partial charge on any atom is -0.481 e. The van der Waals surface area contributed by atoms with Crippen LogP contribution < -0.4 is 0 Å². The molecule has 0 aromatic carbocycles. The second kappa shape index (κ2) is 7.66. The lowest BCUT2D eigenvalue weighted by Gasteiger charge is -2.63. The summed E-state index contributed by atoms with van der Waals surface area (Å²) in [5.74, 6) is 0.472. The van der Waals surface area contributed by atoms with Crippen LogP contribution in [0.25, 0.3) is 0 Å². The number of carbonyl (C=O) groups excluding carboxylic acids is 1. The molecule has 3 N–H and O–H groups in total. The number of hydrogen-bond acceptors (Lipinski definition) is 4. The summed E-state index contributed by atoms with van der Waals surface area (Å²) >= 11 is 0. The van der Waals surface area contributed by atoms with Crippen LogP contribution in [-0.4, -0.2) is 39.3 Å². The Balaban J connectivity index is 1.46. The summed E-state index contributed by atoms with van der Waals surface area (Å²) in [6.45, 7) is 12.9. The van der Waals surface area contributed by atoms with Gasteiger partial charge in [0.15, 0.2) is 5.78 Å². The third-order valence-electron chi connectivity index (χ3n) is 13.0. The Morgan fingerprint density at radius 3 is 2.23 bits per heavy atom. The second-order valence-electron chi connectivity index (χ2n) is 14.3. The van der Waals surface area contributed by atoms with Gasteiger partial charge in [-0.25, -0.2) is 0 Å². The van der Waals surface area contributed by atoms with E-state index in [-0.39, 0.29) is 39.8 Å². The first-order chi connectivity index (χ1) is 16.2. The summed E-state index contributed by atoms with van der Waals surface area (Å²) in [5.41, 5.74) is -0.211. The molecule has 5 nitrogen and oxygen atoms in total. The van der Waals surface area contributed by atoms with Crippen LogP contribution in [-0.2, 0) is 9.59 Å². The first-order valence-corrected chi connectivity index (χ1v) is 14.0. The zero-order valence-electron chi connectivity index (χ0n) is 22.6. The van der Waals surface area contributed by atoms with Crippen molar-refractivity contribution in [1.29, 1.82) is 0 Å². The fourth-order valence-corrected chi connectivity index (χ4v) is 11.2. The quantitative estimate of drug-likeness (QED) is 0.453. The maximum Gasteiger partial charge on any atom is 0.312 e. The first kappa shape index (κ1) is 25.4. The Hall–Kier alpha value is -1.20. The Labute approximate surface area is 210 Å². The van der Waals surface area contributed by atoms with Crippen LogP contribution in [0, 0.1) is 50.7 Å². The lowest BCUT2D eigenvalue weighted by molar-refractivity contribution is -0.210. The maximum absolute atomic E-state index is 12.6. The normalized spacial score (nSPS) is 52.9. The van der Waals surface area contributed by atoms with Gasteiger partial charge in [0.1, 0.15) is 0 Å². The number of aliphatic hydroxyl groups excluding tert-OH is 2. The molecule has 0 heterocycles. The van der Waals surface area contributed by atoms with E-state index in [1.807, 2.05) is 13.8 Å². The molecule has 5 aliphatic rings. The van der Waals surface area contributed by atoms with Crippen molar-refractivity contribution >= 4 is 11.8 Å². The van der Waals surface area contributed by atoms with Gasteiger partial charge in [-0.05, 0) is 112 Å². The van der Waals surface area contributed by atoms with Crippen LogP contribution >= 0.6 is 0 Å². The van der Waals surface area contributed by atoms with Crippen molar-refractivity contribution in [2.45, 2.75) is 112 Å². The van der Waals surface area contributed by atoms with E-state index in [1.54, 1.807) is 13.0 Å². The molecular weight excluding hydrogens is 440 g/mol. The van der Waals surface area contributed by atoms with Crippen LogP contribution in [0.1, 0.15) is 99.3 Å². The smallest absolute Gasteiger partial charge is 0.312 e. The molecule has 5 saturated carbocycles. The highest BCUT2D eigenvalue weighted by Crippen LogP contribution is 2.89. The molecule has 0 amide bonds. The molecule has 11 atom stereocenters. The second-order valence-corrected chi connectivity index (χ2v) is 14.3. The van der Waals surface area contributed by atoms with Crippen LogP contribution in [0.2, 0.25) is 0 Å². The lowest BCUT2D eigenvalue weighted by atomic mass is 9.41. The van der Waals surface area contributed by atoms with Crippen molar-refractivity contribution in [2.24, 2.45) is 50.7 Å². The topological polar surface area (TPSA) is 94.8 Å². The summed E-state index contributed by atoms with van der Waals surface area (Å²) in [6.07, 6.45) is 8.03.